The number of amides is 1. The summed E-state index contributed by atoms with van der Waals surface area (Å²) >= 11 is 1.65. The first-order chi connectivity index (χ1) is 8.63. The Morgan fingerprint density at radius 1 is 1.44 bits per heavy atom. The highest BCUT2D eigenvalue weighted by Crippen LogP contribution is 2.27. The predicted octanol–water partition coefficient (Wildman–Crippen LogP) is 0.499. The van der Waals surface area contributed by atoms with Crippen molar-refractivity contribution in [1.82, 2.24) is 9.80 Å². The Balaban J connectivity index is 1.93. The van der Waals surface area contributed by atoms with Crippen molar-refractivity contribution in [3.8, 4) is 0 Å². The Morgan fingerprint density at radius 3 is 2.72 bits per heavy atom. The van der Waals surface area contributed by atoms with E-state index in [0.717, 1.165) is 25.1 Å². The number of nitrogens with zero attached hydrogens (tertiary/aromatic N) is 2. The first-order valence-electron chi connectivity index (χ1n) is 6.47. The summed E-state index contributed by atoms with van der Waals surface area (Å²) in [6, 6.07) is -0.101. The number of carbonyl (C=O) groups is 2. The normalized spacial score (nSPS) is 24.8. The Bertz CT molecular complexity index is 333. The molecule has 1 aliphatic carbocycles. The molecule has 1 N–H and O–H groups in total. The van der Waals surface area contributed by atoms with Crippen molar-refractivity contribution in [3.05, 3.63) is 0 Å². The topological polar surface area (TPSA) is 60.9 Å². The average molecular weight is 272 g/mol. The van der Waals surface area contributed by atoms with E-state index >= 15 is 0 Å². The zero-order chi connectivity index (χ0) is 13.1. The molecule has 1 unspecified atom stereocenters. The third-order valence-electron chi connectivity index (χ3n) is 3.51. The van der Waals surface area contributed by atoms with Gasteiger partial charge in [0.2, 0.25) is 5.91 Å². The quantitative estimate of drug-likeness (QED) is 0.789. The first-order valence-corrected chi connectivity index (χ1v) is 7.63. The molecule has 1 heterocycles. The smallest absolute Gasteiger partial charge is 0.321 e. The van der Waals surface area contributed by atoms with Crippen LogP contribution in [0.15, 0.2) is 0 Å². The number of rotatable bonds is 5. The predicted molar refractivity (Wildman–Crippen MR) is 70.7 cm³/mol. The molecule has 1 saturated carbocycles. The number of carbonyl (C=O) groups excluding carboxylic acids is 1. The molecule has 0 bridgehead atoms. The van der Waals surface area contributed by atoms with Gasteiger partial charge in [0.1, 0.15) is 6.04 Å². The Labute approximate surface area is 112 Å². The number of hydrogen-bond donors (Lipinski definition) is 1. The fraction of sp³-hybridized carbons (Fsp3) is 0.833. The molecule has 1 aliphatic heterocycles. The van der Waals surface area contributed by atoms with E-state index < -0.39 is 12.0 Å². The maximum Gasteiger partial charge on any atom is 0.321 e. The van der Waals surface area contributed by atoms with Crippen LogP contribution in [0, 0.1) is 0 Å². The fourth-order valence-corrected chi connectivity index (χ4v) is 3.45. The van der Waals surface area contributed by atoms with Gasteiger partial charge < -0.3 is 10.0 Å². The van der Waals surface area contributed by atoms with Gasteiger partial charge in [-0.1, -0.05) is 0 Å². The van der Waals surface area contributed by atoms with Crippen LogP contribution < -0.4 is 0 Å². The minimum Gasteiger partial charge on any atom is -0.480 e. The van der Waals surface area contributed by atoms with Crippen LogP contribution >= 0.6 is 11.8 Å². The van der Waals surface area contributed by atoms with Gasteiger partial charge in [-0.05, 0) is 19.8 Å². The van der Waals surface area contributed by atoms with Crippen molar-refractivity contribution in [1.29, 1.82) is 0 Å². The molecule has 6 heteroatoms. The highest BCUT2D eigenvalue weighted by molar-refractivity contribution is 7.99. The van der Waals surface area contributed by atoms with Crippen molar-refractivity contribution in [2.75, 3.05) is 31.1 Å². The van der Waals surface area contributed by atoms with Crippen LogP contribution in [0.1, 0.15) is 19.8 Å². The second-order valence-electron chi connectivity index (χ2n) is 4.81. The van der Waals surface area contributed by atoms with Gasteiger partial charge in [0.25, 0.3) is 0 Å². The minimum atomic E-state index is -0.815. The molecular formula is C12H20N2O3S. The van der Waals surface area contributed by atoms with Crippen LogP contribution in [0.2, 0.25) is 0 Å². The van der Waals surface area contributed by atoms with Crippen LogP contribution in [-0.2, 0) is 9.59 Å². The highest BCUT2D eigenvalue weighted by Gasteiger charge is 2.35. The van der Waals surface area contributed by atoms with Gasteiger partial charge in [-0.15, -0.1) is 0 Å². The molecule has 0 aromatic rings. The van der Waals surface area contributed by atoms with Crippen LogP contribution in [0.25, 0.3) is 0 Å². The number of hydrogen-bond acceptors (Lipinski definition) is 4. The largest absolute Gasteiger partial charge is 0.480 e. The SMILES string of the molecule is CCN(C(=O)CN1CCSCC1C(=O)O)C1CC1. The molecule has 0 aromatic carbocycles. The number of likely N-dealkylation sites (N-methyl/N-ethyl adjacent to an activating group) is 1. The third-order valence-corrected chi connectivity index (χ3v) is 4.53. The second kappa shape index (κ2) is 5.93. The molecule has 0 aromatic heterocycles. The molecule has 1 saturated heterocycles. The summed E-state index contributed by atoms with van der Waals surface area (Å²) < 4.78 is 0. The van der Waals surface area contributed by atoms with E-state index in [0.29, 0.717) is 18.3 Å². The molecular weight excluding hydrogens is 252 g/mol. The summed E-state index contributed by atoms with van der Waals surface area (Å²) in [7, 11) is 0. The van der Waals surface area contributed by atoms with E-state index in [-0.39, 0.29) is 12.5 Å². The van der Waals surface area contributed by atoms with E-state index in [1.165, 1.54) is 0 Å². The van der Waals surface area contributed by atoms with E-state index in [9.17, 15) is 9.59 Å². The Morgan fingerprint density at radius 2 is 2.17 bits per heavy atom. The van der Waals surface area contributed by atoms with Gasteiger partial charge in [0.05, 0.1) is 6.54 Å². The van der Waals surface area contributed by atoms with Crippen LogP contribution in [-0.4, -0.2) is 70.0 Å². The molecule has 1 amide bonds. The molecule has 1 atom stereocenters. The lowest BCUT2D eigenvalue weighted by molar-refractivity contribution is -0.144. The number of carboxylic acids is 1. The molecule has 102 valence electrons. The average Bonchev–Trinajstić information content (AvgIpc) is 3.15. The summed E-state index contributed by atoms with van der Waals surface area (Å²) in [6.07, 6.45) is 2.19. The molecule has 0 spiro atoms. The lowest BCUT2D eigenvalue weighted by Gasteiger charge is -2.33. The number of aliphatic carboxylic acids is 1. The van der Waals surface area contributed by atoms with Crippen LogP contribution in [0.3, 0.4) is 0 Å². The summed E-state index contributed by atoms with van der Waals surface area (Å²) in [5.74, 6) is 0.757. The number of carboxylic acid groups (broad SMARTS) is 1. The molecule has 18 heavy (non-hydrogen) atoms. The molecule has 2 aliphatic rings. The van der Waals surface area contributed by atoms with Crippen LogP contribution in [0.5, 0.6) is 0 Å². The summed E-state index contributed by atoms with van der Waals surface area (Å²) in [5, 5.41) is 9.16. The van der Waals surface area contributed by atoms with E-state index in [4.69, 9.17) is 5.11 Å². The van der Waals surface area contributed by atoms with Crippen molar-refractivity contribution in [2.45, 2.75) is 31.8 Å². The number of thioether (sulfide) groups is 1. The van der Waals surface area contributed by atoms with E-state index in [1.807, 2.05) is 16.7 Å². The Hall–Kier alpha value is -0.750. The summed E-state index contributed by atoms with van der Waals surface area (Å²) in [6.45, 7) is 3.65. The minimum absolute atomic E-state index is 0.0816. The maximum atomic E-state index is 12.2. The lowest BCUT2D eigenvalue weighted by Crippen LogP contribution is -2.52. The van der Waals surface area contributed by atoms with Crippen LogP contribution in [0.4, 0.5) is 0 Å². The van der Waals surface area contributed by atoms with Crippen molar-refractivity contribution in [2.24, 2.45) is 0 Å². The summed E-state index contributed by atoms with van der Waals surface area (Å²) in [4.78, 5) is 27.0. The summed E-state index contributed by atoms with van der Waals surface area (Å²) in [5.41, 5.74) is 0. The third kappa shape index (κ3) is 3.17. The molecule has 2 rings (SSSR count). The van der Waals surface area contributed by atoms with E-state index in [2.05, 4.69) is 0 Å². The molecule has 5 nitrogen and oxygen atoms in total. The molecule has 0 radical (unpaired) electrons. The van der Waals surface area contributed by atoms with Gasteiger partial charge in [-0.2, -0.15) is 11.8 Å². The highest BCUT2D eigenvalue weighted by atomic mass is 32.2. The van der Waals surface area contributed by atoms with E-state index in [1.54, 1.807) is 11.8 Å². The Kier molecular flexibility index (Phi) is 4.50. The van der Waals surface area contributed by atoms with Gasteiger partial charge in [-0.25, -0.2) is 0 Å². The zero-order valence-electron chi connectivity index (χ0n) is 10.7. The lowest BCUT2D eigenvalue weighted by atomic mass is 10.2. The van der Waals surface area contributed by atoms with Crippen molar-refractivity contribution in [3.63, 3.8) is 0 Å². The van der Waals surface area contributed by atoms with Gasteiger partial charge >= 0.3 is 5.97 Å². The van der Waals surface area contributed by atoms with Crippen molar-refractivity contribution < 1.29 is 14.7 Å². The fourth-order valence-electron chi connectivity index (χ4n) is 2.34. The van der Waals surface area contributed by atoms with Gasteiger partial charge in [0, 0.05) is 30.6 Å². The second-order valence-corrected chi connectivity index (χ2v) is 5.96. The van der Waals surface area contributed by atoms with Gasteiger partial charge in [0.15, 0.2) is 0 Å². The monoisotopic (exact) mass is 272 g/mol. The molecule has 2 fully saturated rings. The van der Waals surface area contributed by atoms with Crippen molar-refractivity contribution >= 4 is 23.6 Å². The standard InChI is InChI=1S/C12H20N2O3S/c1-2-14(9-3-4-9)11(15)7-13-5-6-18-8-10(13)12(16)17/h9-10H,2-8H2,1H3,(H,16,17). The first kappa shape index (κ1) is 13.7. The maximum absolute atomic E-state index is 12.2. The zero-order valence-corrected chi connectivity index (χ0v) is 11.5. The van der Waals surface area contributed by atoms with Gasteiger partial charge in [-0.3, -0.25) is 14.5 Å².